The van der Waals surface area contributed by atoms with E-state index in [-0.39, 0.29) is 5.41 Å². The number of hydrogen-bond acceptors (Lipinski definition) is 2. The Morgan fingerprint density at radius 3 is 2.41 bits per heavy atom. The Kier molecular flexibility index (Phi) is 4.05. The fourth-order valence-electron chi connectivity index (χ4n) is 2.16. The Morgan fingerprint density at radius 1 is 1.29 bits per heavy atom. The molecule has 0 aliphatic carbocycles. The molecule has 0 atom stereocenters. The molecule has 1 fully saturated rings. The molecule has 0 aromatic heterocycles. The summed E-state index contributed by atoms with van der Waals surface area (Å²) >= 11 is 2.33. The molecule has 2 rings (SSSR count). The number of rotatable bonds is 2. The zero-order valence-corrected chi connectivity index (χ0v) is 12.3. The molecule has 0 amide bonds. The van der Waals surface area contributed by atoms with Gasteiger partial charge in [-0.05, 0) is 73.1 Å². The van der Waals surface area contributed by atoms with Crippen molar-refractivity contribution in [1.29, 1.82) is 5.26 Å². The van der Waals surface area contributed by atoms with Crippen molar-refractivity contribution >= 4 is 22.6 Å². The summed E-state index contributed by atoms with van der Waals surface area (Å²) in [5, 5.41) is 9.09. The highest BCUT2D eigenvalue weighted by molar-refractivity contribution is 14.1. The van der Waals surface area contributed by atoms with Crippen molar-refractivity contribution in [2.45, 2.75) is 26.3 Å². The number of nitrogens with zero attached hydrogens (tertiary/aromatic N) is 2. The number of likely N-dealkylation sites (tertiary alicyclic amines) is 1. The summed E-state index contributed by atoms with van der Waals surface area (Å²) in [4.78, 5) is 2.45. The van der Waals surface area contributed by atoms with Gasteiger partial charge >= 0.3 is 0 Å². The van der Waals surface area contributed by atoms with Crippen LogP contribution < -0.4 is 0 Å². The quantitative estimate of drug-likeness (QED) is 0.772. The maximum Gasteiger partial charge on any atom is 0.0687 e. The lowest BCUT2D eigenvalue weighted by Gasteiger charge is -2.34. The Labute approximate surface area is 117 Å². The van der Waals surface area contributed by atoms with Crippen molar-refractivity contribution in [1.82, 2.24) is 4.90 Å². The summed E-state index contributed by atoms with van der Waals surface area (Å²) < 4.78 is 1.28. The second kappa shape index (κ2) is 5.36. The molecule has 1 saturated heterocycles. The van der Waals surface area contributed by atoms with Crippen molar-refractivity contribution in [2.24, 2.45) is 5.41 Å². The van der Waals surface area contributed by atoms with Crippen LogP contribution in [0.4, 0.5) is 0 Å². The normalized spacial score (nSPS) is 19.8. The first-order valence-corrected chi connectivity index (χ1v) is 7.07. The summed E-state index contributed by atoms with van der Waals surface area (Å²) in [6.07, 6.45) is 1.99. The largest absolute Gasteiger partial charge is 0.299 e. The van der Waals surface area contributed by atoms with Crippen molar-refractivity contribution in [2.75, 3.05) is 13.1 Å². The molecule has 90 valence electrons. The van der Waals surface area contributed by atoms with E-state index in [4.69, 9.17) is 5.26 Å². The van der Waals surface area contributed by atoms with E-state index in [0.29, 0.717) is 0 Å². The topological polar surface area (TPSA) is 27.0 Å². The highest BCUT2D eigenvalue weighted by Crippen LogP contribution is 2.30. The Hall–Kier alpha value is -0.600. The van der Waals surface area contributed by atoms with E-state index in [2.05, 4.69) is 64.7 Å². The lowest BCUT2D eigenvalue weighted by molar-refractivity contribution is 0.150. The second-order valence-electron chi connectivity index (χ2n) is 5.08. The highest BCUT2D eigenvalue weighted by atomic mass is 127. The number of hydrogen-bond donors (Lipinski definition) is 0. The zero-order chi connectivity index (χ0) is 12.3. The minimum Gasteiger partial charge on any atom is -0.299 e. The van der Waals surface area contributed by atoms with Gasteiger partial charge in [-0.1, -0.05) is 12.1 Å². The van der Waals surface area contributed by atoms with Crippen LogP contribution in [0.2, 0.25) is 0 Å². The molecule has 1 heterocycles. The summed E-state index contributed by atoms with van der Waals surface area (Å²) in [6.45, 7) is 5.17. The summed E-state index contributed by atoms with van der Waals surface area (Å²) in [5.74, 6) is 0. The minimum absolute atomic E-state index is 0.0947. The lowest BCUT2D eigenvalue weighted by atomic mass is 9.82. The smallest absolute Gasteiger partial charge is 0.0687 e. The van der Waals surface area contributed by atoms with Crippen LogP contribution in [0.15, 0.2) is 24.3 Å². The van der Waals surface area contributed by atoms with Gasteiger partial charge in [-0.15, -0.1) is 0 Å². The molecule has 1 aromatic carbocycles. The molecule has 1 aliphatic rings. The predicted molar refractivity (Wildman–Crippen MR) is 77.4 cm³/mol. The Balaban J connectivity index is 1.90. The van der Waals surface area contributed by atoms with Gasteiger partial charge in [0.2, 0.25) is 0 Å². The van der Waals surface area contributed by atoms with Gasteiger partial charge in [-0.2, -0.15) is 5.26 Å². The number of benzene rings is 1. The average Bonchev–Trinajstić information content (AvgIpc) is 2.35. The second-order valence-corrected chi connectivity index (χ2v) is 6.32. The molecule has 1 aliphatic heterocycles. The molecule has 0 spiro atoms. The van der Waals surface area contributed by atoms with E-state index in [1.54, 1.807) is 0 Å². The monoisotopic (exact) mass is 340 g/mol. The molecular formula is C14H17IN2. The maximum absolute atomic E-state index is 9.09. The molecule has 3 heteroatoms. The number of halogens is 1. The fourth-order valence-corrected chi connectivity index (χ4v) is 2.52. The van der Waals surface area contributed by atoms with E-state index < -0.39 is 0 Å². The molecule has 0 radical (unpaired) electrons. The van der Waals surface area contributed by atoms with Gasteiger partial charge in [0.15, 0.2) is 0 Å². The molecule has 17 heavy (non-hydrogen) atoms. The van der Waals surface area contributed by atoms with Crippen molar-refractivity contribution < 1.29 is 0 Å². The van der Waals surface area contributed by atoms with E-state index >= 15 is 0 Å². The number of nitriles is 1. The lowest BCUT2D eigenvalue weighted by Crippen LogP contribution is -2.37. The molecule has 0 saturated carbocycles. The third-order valence-corrected chi connectivity index (χ3v) is 4.27. The first-order chi connectivity index (χ1) is 8.11. The van der Waals surface area contributed by atoms with E-state index in [0.717, 1.165) is 32.5 Å². The van der Waals surface area contributed by atoms with Crippen molar-refractivity contribution in [3.8, 4) is 6.07 Å². The molecule has 2 nitrogen and oxygen atoms in total. The van der Waals surface area contributed by atoms with Gasteiger partial charge in [0.1, 0.15) is 0 Å². The van der Waals surface area contributed by atoms with E-state index in [9.17, 15) is 0 Å². The number of piperidine rings is 1. The Morgan fingerprint density at radius 2 is 1.88 bits per heavy atom. The van der Waals surface area contributed by atoms with Gasteiger partial charge in [-0.25, -0.2) is 0 Å². The maximum atomic E-state index is 9.09. The van der Waals surface area contributed by atoms with E-state index in [1.807, 2.05) is 0 Å². The van der Waals surface area contributed by atoms with Crippen LogP contribution in [0.3, 0.4) is 0 Å². The minimum atomic E-state index is -0.0947. The third kappa shape index (κ3) is 3.43. The molecule has 0 bridgehead atoms. The predicted octanol–water partition coefficient (Wildman–Crippen LogP) is 3.42. The fraction of sp³-hybridized carbons (Fsp3) is 0.500. The third-order valence-electron chi connectivity index (χ3n) is 3.55. The summed E-state index contributed by atoms with van der Waals surface area (Å²) in [7, 11) is 0. The summed E-state index contributed by atoms with van der Waals surface area (Å²) in [6, 6.07) is 11.1. The van der Waals surface area contributed by atoms with Crippen LogP contribution in [0.5, 0.6) is 0 Å². The van der Waals surface area contributed by atoms with Gasteiger partial charge in [0, 0.05) is 10.1 Å². The first kappa shape index (κ1) is 12.8. The van der Waals surface area contributed by atoms with Crippen molar-refractivity contribution in [3.05, 3.63) is 33.4 Å². The van der Waals surface area contributed by atoms with Gasteiger partial charge < -0.3 is 0 Å². The van der Waals surface area contributed by atoms with Gasteiger partial charge in [0.25, 0.3) is 0 Å². The SMILES string of the molecule is CC1(C#N)CCN(Cc2ccc(I)cc2)CC1. The van der Waals surface area contributed by atoms with Gasteiger partial charge in [-0.3, -0.25) is 4.90 Å². The highest BCUT2D eigenvalue weighted by Gasteiger charge is 2.29. The van der Waals surface area contributed by atoms with Crippen LogP contribution in [-0.2, 0) is 6.54 Å². The van der Waals surface area contributed by atoms with Crippen LogP contribution in [-0.4, -0.2) is 18.0 Å². The molecule has 0 N–H and O–H groups in total. The zero-order valence-electron chi connectivity index (χ0n) is 10.1. The average molecular weight is 340 g/mol. The van der Waals surface area contributed by atoms with Crippen LogP contribution in [0.25, 0.3) is 0 Å². The van der Waals surface area contributed by atoms with Crippen LogP contribution >= 0.6 is 22.6 Å². The first-order valence-electron chi connectivity index (χ1n) is 5.99. The molecule has 0 unspecified atom stereocenters. The van der Waals surface area contributed by atoms with Crippen molar-refractivity contribution in [3.63, 3.8) is 0 Å². The van der Waals surface area contributed by atoms with Gasteiger partial charge in [0.05, 0.1) is 11.5 Å². The summed E-state index contributed by atoms with van der Waals surface area (Å²) in [5.41, 5.74) is 1.27. The Bertz CT molecular complexity index is 411. The standard InChI is InChI=1S/C14H17IN2/c1-14(11-16)6-8-17(9-7-14)10-12-2-4-13(15)5-3-12/h2-5H,6-10H2,1H3. The van der Waals surface area contributed by atoms with Crippen LogP contribution in [0.1, 0.15) is 25.3 Å². The molecular weight excluding hydrogens is 323 g/mol. The van der Waals surface area contributed by atoms with Crippen LogP contribution in [0, 0.1) is 20.3 Å². The molecule has 1 aromatic rings. The van der Waals surface area contributed by atoms with E-state index in [1.165, 1.54) is 9.13 Å².